The van der Waals surface area contributed by atoms with Crippen LogP contribution in [0.3, 0.4) is 0 Å². The van der Waals surface area contributed by atoms with Crippen molar-refractivity contribution < 1.29 is 14.7 Å². The van der Waals surface area contributed by atoms with E-state index in [4.69, 9.17) is 5.11 Å². The van der Waals surface area contributed by atoms with Crippen molar-refractivity contribution in [2.24, 2.45) is 0 Å². The van der Waals surface area contributed by atoms with Crippen molar-refractivity contribution in [3.8, 4) is 0 Å². The molecule has 0 radical (unpaired) electrons. The smallest absolute Gasteiger partial charge is 0.305 e. The van der Waals surface area contributed by atoms with Crippen LogP contribution in [0, 0.1) is 0 Å². The van der Waals surface area contributed by atoms with Crippen molar-refractivity contribution >= 4 is 23.2 Å². The van der Waals surface area contributed by atoms with Crippen molar-refractivity contribution in [3.63, 3.8) is 0 Å². The molecule has 110 valence electrons. The molecule has 2 rings (SSSR count). The first-order chi connectivity index (χ1) is 10.1. The van der Waals surface area contributed by atoms with Gasteiger partial charge in [-0.2, -0.15) is 0 Å². The molecule has 2 unspecified atom stereocenters. The summed E-state index contributed by atoms with van der Waals surface area (Å²) in [4.78, 5) is 24.3. The Bertz CT molecular complexity index is 595. The highest BCUT2D eigenvalue weighted by Crippen LogP contribution is 2.23. The minimum Gasteiger partial charge on any atom is -0.481 e. The molecule has 5 heteroatoms. The molecule has 2 aromatic rings. The van der Waals surface area contributed by atoms with Gasteiger partial charge in [-0.25, -0.2) is 0 Å². The monoisotopic (exact) mass is 303 g/mol. The van der Waals surface area contributed by atoms with Gasteiger partial charge < -0.3 is 10.4 Å². The van der Waals surface area contributed by atoms with Gasteiger partial charge in [0.15, 0.2) is 0 Å². The van der Waals surface area contributed by atoms with Crippen LogP contribution in [0.15, 0.2) is 47.8 Å². The molecule has 0 saturated heterocycles. The average Bonchev–Trinajstić information content (AvgIpc) is 3.00. The maximum absolute atomic E-state index is 12.3. The van der Waals surface area contributed by atoms with E-state index in [-0.39, 0.29) is 18.2 Å². The third-order valence-electron chi connectivity index (χ3n) is 3.26. The summed E-state index contributed by atoms with van der Waals surface area (Å²) in [7, 11) is 0. The zero-order valence-corrected chi connectivity index (χ0v) is 12.5. The third-order valence-corrected chi connectivity index (χ3v) is 4.32. The van der Waals surface area contributed by atoms with E-state index < -0.39 is 12.0 Å². The van der Waals surface area contributed by atoms with Gasteiger partial charge >= 0.3 is 5.97 Å². The number of nitrogens with one attached hydrogen (secondary N) is 1. The SMILES string of the molecule is CC(C(=O)NC(CC(=O)O)c1ccccc1)c1cccs1. The molecule has 0 bridgehead atoms. The molecule has 0 aliphatic heterocycles. The largest absolute Gasteiger partial charge is 0.481 e. The Morgan fingerprint density at radius 2 is 1.90 bits per heavy atom. The van der Waals surface area contributed by atoms with E-state index in [0.29, 0.717) is 0 Å². The van der Waals surface area contributed by atoms with Crippen LogP contribution >= 0.6 is 11.3 Å². The number of carboxylic acids is 1. The number of amides is 1. The third kappa shape index (κ3) is 4.16. The summed E-state index contributed by atoms with van der Waals surface area (Å²) in [5.41, 5.74) is 0.798. The summed E-state index contributed by atoms with van der Waals surface area (Å²) in [6, 6.07) is 12.5. The van der Waals surface area contributed by atoms with Crippen LogP contribution in [0.25, 0.3) is 0 Å². The van der Waals surface area contributed by atoms with Crippen LogP contribution < -0.4 is 5.32 Å². The fourth-order valence-corrected chi connectivity index (χ4v) is 2.86. The van der Waals surface area contributed by atoms with Gasteiger partial charge in [0.25, 0.3) is 0 Å². The molecule has 1 aromatic carbocycles. The van der Waals surface area contributed by atoms with Crippen molar-refractivity contribution in [2.45, 2.75) is 25.3 Å². The number of carbonyl (C=O) groups excluding carboxylic acids is 1. The van der Waals surface area contributed by atoms with Crippen molar-refractivity contribution in [3.05, 3.63) is 58.3 Å². The summed E-state index contributed by atoms with van der Waals surface area (Å²) in [6.45, 7) is 1.82. The van der Waals surface area contributed by atoms with Crippen molar-refractivity contribution in [1.82, 2.24) is 5.32 Å². The maximum atomic E-state index is 12.3. The minimum atomic E-state index is -0.937. The normalized spacial score (nSPS) is 13.4. The van der Waals surface area contributed by atoms with E-state index >= 15 is 0 Å². The number of thiophene rings is 1. The number of carbonyl (C=O) groups is 2. The molecule has 0 aliphatic carbocycles. The van der Waals surface area contributed by atoms with E-state index in [0.717, 1.165) is 10.4 Å². The molecule has 0 spiro atoms. The Kier molecular flexibility index (Phi) is 5.11. The maximum Gasteiger partial charge on any atom is 0.305 e. The lowest BCUT2D eigenvalue weighted by Crippen LogP contribution is -2.33. The van der Waals surface area contributed by atoms with Crippen LogP contribution in [0.4, 0.5) is 0 Å². The van der Waals surface area contributed by atoms with E-state index in [1.54, 1.807) is 0 Å². The van der Waals surface area contributed by atoms with E-state index in [1.165, 1.54) is 11.3 Å². The first-order valence-electron chi connectivity index (χ1n) is 6.68. The lowest BCUT2D eigenvalue weighted by atomic mass is 10.0. The van der Waals surface area contributed by atoms with E-state index in [9.17, 15) is 9.59 Å². The van der Waals surface area contributed by atoms with Crippen LogP contribution in [0.2, 0.25) is 0 Å². The van der Waals surface area contributed by atoms with E-state index in [1.807, 2.05) is 54.8 Å². The Labute approximate surface area is 127 Å². The van der Waals surface area contributed by atoms with Gasteiger partial charge in [0.2, 0.25) is 5.91 Å². The summed E-state index contributed by atoms with van der Waals surface area (Å²) in [5.74, 6) is -1.38. The number of hydrogen-bond donors (Lipinski definition) is 2. The summed E-state index contributed by atoms with van der Waals surface area (Å²) < 4.78 is 0. The molecule has 0 fully saturated rings. The fourth-order valence-electron chi connectivity index (χ4n) is 2.08. The standard InChI is InChI=1S/C16H17NO3S/c1-11(14-8-5-9-21-14)16(20)17-13(10-15(18)19)12-6-3-2-4-7-12/h2-9,11,13H,10H2,1H3,(H,17,20)(H,18,19). The Balaban J connectivity index is 2.11. The number of hydrogen-bond acceptors (Lipinski definition) is 3. The minimum absolute atomic E-state index is 0.132. The first-order valence-corrected chi connectivity index (χ1v) is 7.56. The van der Waals surface area contributed by atoms with Gasteiger partial charge in [-0.3, -0.25) is 9.59 Å². The molecule has 21 heavy (non-hydrogen) atoms. The van der Waals surface area contributed by atoms with Gasteiger partial charge in [-0.1, -0.05) is 36.4 Å². The average molecular weight is 303 g/mol. The zero-order chi connectivity index (χ0) is 15.2. The Hall–Kier alpha value is -2.14. The molecular formula is C16H17NO3S. The lowest BCUT2D eigenvalue weighted by Gasteiger charge is -2.19. The van der Waals surface area contributed by atoms with Gasteiger partial charge in [-0.15, -0.1) is 11.3 Å². The predicted molar refractivity (Wildman–Crippen MR) is 82.3 cm³/mol. The highest BCUT2D eigenvalue weighted by atomic mass is 32.1. The summed E-state index contributed by atoms with van der Waals surface area (Å²) >= 11 is 1.52. The van der Waals surface area contributed by atoms with Gasteiger partial charge in [0, 0.05) is 4.88 Å². The molecule has 4 nitrogen and oxygen atoms in total. The lowest BCUT2D eigenvalue weighted by molar-refractivity contribution is -0.137. The molecule has 0 saturated carbocycles. The zero-order valence-electron chi connectivity index (χ0n) is 11.7. The Morgan fingerprint density at radius 3 is 2.48 bits per heavy atom. The molecule has 1 heterocycles. The number of aliphatic carboxylic acids is 1. The molecular weight excluding hydrogens is 286 g/mol. The Morgan fingerprint density at radius 1 is 1.19 bits per heavy atom. The second kappa shape index (κ2) is 7.04. The number of carboxylic acid groups (broad SMARTS) is 1. The van der Waals surface area contributed by atoms with Gasteiger partial charge in [0.1, 0.15) is 0 Å². The van der Waals surface area contributed by atoms with Gasteiger partial charge in [0.05, 0.1) is 18.4 Å². The second-order valence-corrected chi connectivity index (χ2v) is 5.79. The first kappa shape index (κ1) is 15.3. The fraction of sp³-hybridized carbons (Fsp3) is 0.250. The highest BCUT2D eigenvalue weighted by Gasteiger charge is 2.22. The quantitative estimate of drug-likeness (QED) is 0.861. The number of benzene rings is 1. The molecule has 1 aromatic heterocycles. The second-order valence-electron chi connectivity index (χ2n) is 4.81. The van der Waals surface area contributed by atoms with Crippen LogP contribution in [0.1, 0.15) is 35.7 Å². The molecule has 2 atom stereocenters. The highest BCUT2D eigenvalue weighted by molar-refractivity contribution is 7.10. The van der Waals surface area contributed by atoms with Crippen LogP contribution in [-0.2, 0) is 9.59 Å². The predicted octanol–water partition coefficient (Wildman–Crippen LogP) is 3.18. The number of rotatable bonds is 6. The molecule has 2 N–H and O–H groups in total. The van der Waals surface area contributed by atoms with Crippen molar-refractivity contribution in [1.29, 1.82) is 0 Å². The molecule has 0 aliphatic rings. The van der Waals surface area contributed by atoms with Crippen LogP contribution in [0.5, 0.6) is 0 Å². The van der Waals surface area contributed by atoms with Crippen molar-refractivity contribution in [2.75, 3.05) is 0 Å². The van der Waals surface area contributed by atoms with E-state index in [2.05, 4.69) is 5.32 Å². The van der Waals surface area contributed by atoms with Gasteiger partial charge in [-0.05, 0) is 23.9 Å². The van der Waals surface area contributed by atoms with Crippen LogP contribution in [-0.4, -0.2) is 17.0 Å². The molecule has 1 amide bonds. The topological polar surface area (TPSA) is 66.4 Å². The summed E-state index contributed by atoms with van der Waals surface area (Å²) in [5, 5.41) is 13.8. The summed E-state index contributed by atoms with van der Waals surface area (Å²) in [6.07, 6.45) is -0.132.